The molecule has 0 radical (unpaired) electrons. The van der Waals surface area contributed by atoms with E-state index in [1.54, 1.807) is 34.6 Å². The van der Waals surface area contributed by atoms with E-state index < -0.39 is 169 Å². The fourth-order valence-electron chi connectivity index (χ4n) is 12.7. The molecule has 3 heterocycles. The van der Waals surface area contributed by atoms with Gasteiger partial charge in [0.25, 0.3) is 0 Å². The summed E-state index contributed by atoms with van der Waals surface area (Å²) >= 11 is 0. The van der Waals surface area contributed by atoms with Gasteiger partial charge in [0, 0.05) is 57.1 Å². The van der Waals surface area contributed by atoms with Crippen LogP contribution >= 0.6 is 0 Å². The molecular formula is C57H84O23. The van der Waals surface area contributed by atoms with Gasteiger partial charge < -0.3 is 98.4 Å². The molecule has 0 amide bonds. The Labute approximate surface area is 465 Å². The predicted molar refractivity (Wildman–Crippen MR) is 279 cm³/mol. The number of carbonyl (C=O) groups excluding carboxylic acids is 3. The van der Waals surface area contributed by atoms with E-state index in [9.17, 15) is 60.7 Å². The maximum Gasteiger partial charge on any atom is 0.305 e. The van der Waals surface area contributed by atoms with Crippen molar-refractivity contribution in [2.75, 3.05) is 7.11 Å². The number of aliphatic hydroxyl groups is 8. The molecule has 2 aromatic rings. The summed E-state index contributed by atoms with van der Waals surface area (Å²) in [6.07, 6.45) is -21.5. The number of methoxy groups -OCH3 is 1. The lowest BCUT2D eigenvalue weighted by Gasteiger charge is -2.46. The Morgan fingerprint density at radius 3 is 1.94 bits per heavy atom. The first kappa shape index (κ1) is 62.3. The van der Waals surface area contributed by atoms with Gasteiger partial charge in [-0.05, 0) is 95.7 Å². The van der Waals surface area contributed by atoms with E-state index in [2.05, 4.69) is 0 Å². The summed E-state index contributed by atoms with van der Waals surface area (Å²) in [5.74, 6) is -5.23. The average molecular weight is 1140 g/mol. The molecule has 8 rings (SSSR count). The summed E-state index contributed by atoms with van der Waals surface area (Å²) in [7, 11) is 1.20. The zero-order chi connectivity index (χ0) is 58.6. The zero-order valence-corrected chi connectivity index (χ0v) is 47.2. The van der Waals surface area contributed by atoms with Crippen LogP contribution in [0.2, 0.25) is 0 Å². The van der Waals surface area contributed by atoms with Crippen molar-refractivity contribution in [3.05, 3.63) is 28.8 Å². The Kier molecular flexibility index (Phi) is 19.7. The number of aromatic hydroxyl groups is 2. The minimum absolute atomic E-state index is 0.0363. The highest BCUT2D eigenvalue weighted by Gasteiger charge is 2.51. The van der Waals surface area contributed by atoms with Gasteiger partial charge in [-0.25, -0.2) is 0 Å². The van der Waals surface area contributed by atoms with Crippen molar-refractivity contribution in [1.29, 1.82) is 0 Å². The Balaban J connectivity index is 1.06. The molecule has 2 aromatic carbocycles. The van der Waals surface area contributed by atoms with Gasteiger partial charge in [0.2, 0.25) is 6.29 Å². The number of phenols is 2. The summed E-state index contributed by atoms with van der Waals surface area (Å²) in [5.41, 5.74) is -1.29. The van der Waals surface area contributed by atoms with E-state index in [0.29, 0.717) is 12.8 Å². The van der Waals surface area contributed by atoms with Crippen LogP contribution in [0.3, 0.4) is 0 Å². The number of ketones is 2. The monoisotopic (exact) mass is 1140 g/mol. The lowest BCUT2D eigenvalue weighted by atomic mass is 9.75. The molecule has 5 fully saturated rings. The number of hydrogen-bond acceptors (Lipinski definition) is 23. The van der Waals surface area contributed by atoms with Crippen LogP contribution in [0.15, 0.2) is 12.1 Å². The van der Waals surface area contributed by atoms with Crippen LogP contribution in [0.25, 0.3) is 10.8 Å². The van der Waals surface area contributed by atoms with E-state index >= 15 is 4.79 Å². The summed E-state index contributed by atoms with van der Waals surface area (Å²) in [6, 6.07) is 3.06. The third-order valence-corrected chi connectivity index (χ3v) is 17.4. The Bertz CT molecular complexity index is 2490. The van der Waals surface area contributed by atoms with Crippen LogP contribution in [-0.4, -0.2) is 210 Å². The molecule has 80 heavy (non-hydrogen) atoms. The fraction of sp³-hybridized carbons (Fsp3) is 0.772. The first-order valence-electron chi connectivity index (χ1n) is 28.2. The highest BCUT2D eigenvalue weighted by Crippen LogP contribution is 2.48. The number of rotatable bonds is 17. The second-order valence-corrected chi connectivity index (χ2v) is 23.6. The Hall–Kier alpha value is -3.73. The molecular weight excluding hydrogens is 1050 g/mol. The molecule has 2 saturated carbocycles. The van der Waals surface area contributed by atoms with Crippen LogP contribution in [-0.2, 0) is 58.6 Å². The highest BCUT2D eigenvalue weighted by molar-refractivity contribution is 6.11. The van der Waals surface area contributed by atoms with Crippen LogP contribution in [0.5, 0.6) is 17.2 Å². The molecule has 6 aliphatic rings. The SMILES string of the molecule is CCC(=O)O[C@H](C)[C@H](O)C(=O)[C@@H](OC)[C@@H]1Cc2cc3cc(O[C@H]4C[C@@H](O[C@H]5C[C@@H](O)[C@H](O)C(C)O5)[C@H](O)C(C)O4)c(C)c(O)c3c(O)c2C(=O)[C@H]1O[C@H]1C[C@@H](O[C@@H]2CC(C)[C@H](O)[C@H](O[C@@H]3CC(C)[C@@H](O)[C@@](C)(O)C3)C2)[C@H](O)C(C)O1. The fourth-order valence-corrected chi connectivity index (χ4v) is 12.7. The quantitative estimate of drug-likeness (QED) is 0.101. The minimum Gasteiger partial charge on any atom is -0.507 e. The molecule has 3 saturated heterocycles. The van der Waals surface area contributed by atoms with E-state index in [4.69, 9.17) is 47.4 Å². The normalized spacial score (nSPS) is 40.9. The smallest absolute Gasteiger partial charge is 0.305 e. The van der Waals surface area contributed by atoms with E-state index in [0.717, 1.165) is 0 Å². The summed E-state index contributed by atoms with van der Waals surface area (Å²) in [6.45, 7) is 14.4. The number of benzene rings is 2. The standard InChI is InChI=1S/C57H84O23/c1-11-39(59)72-28(8)50(65)53(68)54(71-10)33-15-29-14-30-16-35(78-41-20-38(49(64)27(7)74-41)79-40-18-34(58)47(62)25(5)73-40)24(4)46(61)43(30)51(66)44(29)52(67)55(33)80-42-19-37(48(63)26(6)75-42)76-31-12-22(2)45(60)36(17-31)77-32-13-23(3)56(69)57(9,70)21-32/h14,16,22-23,25-28,31-34,36-38,40-42,45,47-50,54-56,58,60-66,69-70H,11-13,15,17-21H2,1-10H3/t22?,23?,25?,26?,27?,28-,31-,32-,33+,34-,36-,37-,38-,40+,41+,42+,45+,47-,48-,49-,50+,54+,55+,56-,57+/m1/s1. The molecule has 0 bridgehead atoms. The number of esters is 1. The van der Waals surface area contributed by atoms with Crippen molar-refractivity contribution in [1.82, 2.24) is 0 Å². The van der Waals surface area contributed by atoms with Gasteiger partial charge in [-0.3, -0.25) is 14.4 Å². The van der Waals surface area contributed by atoms with Crippen molar-refractivity contribution in [2.45, 2.75) is 254 Å². The number of hydrogen-bond donors (Lipinski definition) is 10. The van der Waals surface area contributed by atoms with Gasteiger partial charge in [-0.2, -0.15) is 0 Å². The molecule has 23 heteroatoms. The maximum atomic E-state index is 15.2. The van der Waals surface area contributed by atoms with Crippen molar-refractivity contribution >= 4 is 28.3 Å². The molecule has 23 nitrogen and oxygen atoms in total. The molecule has 5 unspecified atom stereocenters. The first-order chi connectivity index (χ1) is 37.6. The third-order valence-electron chi connectivity index (χ3n) is 17.4. The molecule has 25 atom stereocenters. The van der Waals surface area contributed by atoms with Gasteiger partial charge in [0.05, 0.1) is 83.7 Å². The van der Waals surface area contributed by atoms with Crippen molar-refractivity contribution < 1.29 is 113 Å². The molecule has 450 valence electrons. The number of Topliss-reactive ketones (excluding diaryl/α,β-unsaturated/α-hetero) is 2. The minimum atomic E-state index is -1.92. The summed E-state index contributed by atoms with van der Waals surface area (Å²) in [4.78, 5) is 41.8. The molecule has 3 aliphatic heterocycles. The Morgan fingerprint density at radius 1 is 0.738 bits per heavy atom. The van der Waals surface area contributed by atoms with Crippen molar-refractivity contribution in [3.8, 4) is 17.2 Å². The van der Waals surface area contributed by atoms with E-state index in [1.807, 2.05) is 13.8 Å². The summed E-state index contributed by atoms with van der Waals surface area (Å²) in [5, 5.41) is 111. The number of carbonyl (C=O) groups is 3. The van der Waals surface area contributed by atoms with Gasteiger partial charge in [0.1, 0.15) is 53.9 Å². The van der Waals surface area contributed by atoms with Crippen molar-refractivity contribution in [3.63, 3.8) is 0 Å². The van der Waals surface area contributed by atoms with E-state index in [1.165, 1.54) is 33.1 Å². The van der Waals surface area contributed by atoms with E-state index in [-0.39, 0.29) is 90.0 Å². The first-order valence-corrected chi connectivity index (χ1v) is 28.2. The lowest BCUT2D eigenvalue weighted by molar-refractivity contribution is -0.298. The lowest BCUT2D eigenvalue weighted by Crippen LogP contribution is -2.56. The second-order valence-electron chi connectivity index (χ2n) is 23.6. The van der Waals surface area contributed by atoms with Crippen LogP contribution in [0.4, 0.5) is 0 Å². The molecule has 0 aromatic heterocycles. The molecule has 3 aliphatic carbocycles. The highest BCUT2D eigenvalue weighted by atomic mass is 16.7. The molecule has 0 spiro atoms. The van der Waals surface area contributed by atoms with Crippen LogP contribution in [0.1, 0.15) is 128 Å². The third kappa shape index (κ3) is 13.0. The average Bonchev–Trinajstić information content (AvgIpc) is 3.60. The second kappa shape index (κ2) is 25.2. The summed E-state index contributed by atoms with van der Waals surface area (Å²) < 4.78 is 61.1. The number of phenolic OH excluding ortho intramolecular Hbond substituents is 2. The van der Waals surface area contributed by atoms with Gasteiger partial charge >= 0.3 is 5.97 Å². The van der Waals surface area contributed by atoms with Crippen LogP contribution in [0, 0.1) is 24.7 Å². The predicted octanol–water partition coefficient (Wildman–Crippen LogP) is 2.04. The van der Waals surface area contributed by atoms with Gasteiger partial charge in [-0.1, -0.05) is 20.8 Å². The molecule has 10 N–H and O–H groups in total. The Morgan fingerprint density at radius 2 is 1.31 bits per heavy atom. The largest absolute Gasteiger partial charge is 0.507 e. The topological polar surface area (TPSA) is 346 Å². The van der Waals surface area contributed by atoms with Crippen molar-refractivity contribution in [2.24, 2.45) is 17.8 Å². The maximum absolute atomic E-state index is 15.2. The van der Waals surface area contributed by atoms with Gasteiger partial charge in [-0.15, -0.1) is 0 Å². The number of ether oxygens (including phenoxy) is 10. The number of aliphatic hydroxyl groups excluding tert-OH is 7. The van der Waals surface area contributed by atoms with Gasteiger partial charge in [0.15, 0.2) is 30.3 Å². The number of fused-ring (bicyclic) bond motifs is 2. The zero-order valence-electron chi connectivity index (χ0n) is 47.2. The van der Waals surface area contributed by atoms with Crippen LogP contribution < -0.4 is 4.74 Å².